The molecular weight excluding hydrogens is 324 g/mol. The van der Waals surface area contributed by atoms with Crippen LogP contribution in [0, 0.1) is 20.8 Å². The second-order valence-electron chi connectivity index (χ2n) is 6.98. The van der Waals surface area contributed by atoms with E-state index in [0.717, 1.165) is 39.0 Å². The first-order chi connectivity index (χ1) is 12.5. The fraction of sp³-hybridized carbons (Fsp3) is 0.273. The maximum absolute atomic E-state index is 13.2. The molecule has 0 N–H and O–H groups in total. The van der Waals surface area contributed by atoms with Gasteiger partial charge in [-0.2, -0.15) is 0 Å². The zero-order valence-corrected chi connectivity index (χ0v) is 15.3. The van der Waals surface area contributed by atoms with E-state index in [1.165, 1.54) is 0 Å². The summed E-state index contributed by atoms with van der Waals surface area (Å²) >= 11 is 0. The largest absolute Gasteiger partial charge is 0.487 e. The van der Waals surface area contributed by atoms with Crippen LogP contribution in [0.3, 0.4) is 0 Å². The van der Waals surface area contributed by atoms with Crippen molar-refractivity contribution in [2.45, 2.75) is 26.9 Å². The summed E-state index contributed by atoms with van der Waals surface area (Å²) in [6, 6.07) is 15.8. The summed E-state index contributed by atoms with van der Waals surface area (Å²) < 4.78 is 5.92. The number of hydrogen-bond donors (Lipinski definition) is 0. The molecule has 26 heavy (non-hydrogen) atoms. The zero-order chi connectivity index (χ0) is 18.3. The fourth-order valence-electron chi connectivity index (χ4n) is 3.40. The van der Waals surface area contributed by atoms with Crippen molar-refractivity contribution >= 4 is 16.8 Å². The molecule has 4 heteroatoms. The molecular formula is C22H22N2O2. The quantitative estimate of drug-likeness (QED) is 0.718. The van der Waals surface area contributed by atoms with Crippen LogP contribution in [0.2, 0.25) is 0 Å². The lowest BCUT2D eigenvalue weighted by molar-refractivity contribution is 0.0179. The molecule has 1 saturated heterocycles. The summed E-state index contributed by atoms with van der Waals surface area (Å²) in [6.45, 7) is 7.21. The third-order valence-electron chi connectivity index (χ3n) is 5.02. The summed E-state index contributed by atoms with van der Waals surface area (Å²) in [5, 5.41) is 0.936. The molecule has 132 valence electrons. The van der Waals surface area contributed by atoms with Gasteiger partial charge in [-0.3, -0.25) is 9.78 Å². The fourth-order valence-corrected chi connectivity index (χ4v) is 3.40. The number of ether oxygens (including phenoxy) is 1. The molecule has 0 aliphatic carbocycles. The number of aromatic nitrogens is 1. The van der Waals surface area contributed by atoms with Crippen LogP contribution >= 0.6 is 0 Å². The first kappa shape index (κ1) is 16.6. The average Bonchev–Trinajstić information content (AvgIpc) is 2.60. The van der Waals surface area contributed by atoms with E-state index in [4.69, 9.17) is 4.74 Å². The monoisotopic (exact) mass is 346 g/mol. The predicted molar refractivity (Wildman–Crippen MR) is 103 cm³/mol. The molecule has 4 nitrogen and oxygen atoms in total. The van der Waals surface area contributed by atoms with Gasteiger partial charge in [0, 0.05) is 11.1 Å². The van der Waals surface area contributed by atoms with Crippen LogP contribution in [-0.4, -0.2) is 35.0 Å². The number of amides is 1. The van der Waals surface area contributed by atoms with Crippen molar-refractivity contribution in [3.05, 3.63) is 70.9 Å². The second kappa shape index (κ2) is 6.45. The Hall–Kier alpha value is -2.88. The van der Waals surface area contributed by atoms with E-state index < -0.39 is 0 Å². The SMILES string of the molecule is Cc1ccc2nc(C)c(C)c(C(=O)N3CC(Oc4ccccc4)C3)c2c1. The van der Waals surface area contributed by atoms with Gasteiger partial charge in [0.1, 0.15) is 11.9 Å². The number of benzene rings is 2. The lowest BCUT2D eigenvalue weighted by Crippen LogP contribution is -2.56. The molecule has 2 aromatic carbocycles. The van der Waals surface area contributed by atoms with E-state index >= 15 is 0 Å². The Morgan fingerprint density at radius 1 is 1.08 bits per heavy atom. The zero-order valence-electron chi connectivity index (χ0n) is 15.3. The topological polar surface area (TPSA) is 42.4 Å². The van der Waals surface area contributed by atoms with Crippen molar-refractivity contribution in [3.63, 3.8) is 0 Å². The van der Waals surface area contributed by atoms with Gasteiger partial charge < -0.3 is 9.64 Å². The summed E-state index contributed by atoms with van der Waals surface area (Å²) in [6.07, 6.45) is 0.0533. The van der Waals surface area contributed by atoms with Gasteiger partial charge in [-0.25, -0.2) is 0 Å². The lowest BCUT2D eigenvalue weighted by atomic mass is 9.97. The normalized spacial score (nSPS) is 14.3. The van der Waals surface area contributed by atoms with Crippen molar-refractivity contribution in [1.82, 2.24) is 9.88 Å². The highest BCUT2D eigenvalue weighted by atomic mass is 16.5. The molecule has 3 aromatic rings. The molecule has 1 aliphatic rings. The Morgan fingerprint density at radius 3 is 2.54 bits per heavy atom. The molecule has 0 radical (unpaired) electrons. The number of nitrogens with zero attached hydrogens (tertiary/aromatic N) is 2. The number of likely N-dealkylation sites (tertiary alicyclic amines) is 1. The van der Waals surface area contributed by atoms with Crippen LogP contribution in [0.4, 0.5) is 0 Å². The summed E-state index contributed by atoms with van der Waals surface area (Å²) in [7, 11) is 0. The number of carbonyl (C=O) groups excluding carboxylic acids is 1. The first-order valence-electron chi connectivity index (χ1n) is 8.91. The van der Waals surface area contributed by atoms with Gasteiger partial charge in [-0.15, -0.1) is 0 Å². The van der Waals surface area contributed by atoms with E-state index in [2.05, 4.69) is 11.1 Å². The lowest BCUT2D eigenvalue weighted by Gasteiger charge is -2.39. The van der Waals surface area contributed by atoms with Crippen molar-refractivity contribution in [3.8, 4) is 5.75 Å². The maximum Gasteiger partial charge on any atom is 0.255 e. The van der Waals surface area contributed by atoms with Crippen LogP contribution in [0.5, 0.6) is 5.75 Å². The Morgan fingerprint density at radius 2 is 1.81 bits per heavy atom. The minimum Gasteiger partial charge on any atom is -0.487 e. The summed E-state index contributed by atoms with van der Waals surface area (Å²) in [5.74, 6) is 0.915. The molecule has 0 atom stereocenters. The van der Waals surface area contributed by atoms with Gasteiger partial charge in [-0.1, -0.05) is 29.8 Å². The average molecular weight is 346 g/mol. The van der Waals surface area contributed by atoms with E-state index in [-0.39, 0.29) is 12.0 Å². The molecule has 4 rings (SSSR count). The van der Waals surface area contributed by atoms with Gasteiger partial charge in [0.2, 0.25) is 0 Å². The van der Waals surface area contributed by atoms with Crippen LogP contribution < -0.4 is 4.74 Å². The number of pyridine rings is 1. The van der Waals surface area contributed by atoms with Crippen molar-refractivity contribution in [2.24, 2.45) is 0 Å². The van der Waals surface area contributed by atoms with Crippen LogP contribution in [-0.2, 0) is 0 Å². The van der Waals surface area contributed by atoms with E-state index in [1.54, 1.807) is 0 Å². The molecule has 1 amide bonds. The highest BCUT2D eigenvalue weighted by Crippen LogP contribution is 2.27. The summed E-state index contributed by atoms with van der Waals surface area (Å²) in [5.41, 5.74) is 4.64. The third-order valence-corrected chi connectivity index (χ3v) is 5.02. The van der Waals surface area contributed by atoms with Gasteiger partial charge in [0.25, 0.3) is 5.91 Å². The van der Waals surface area contributed by atoms with Crippen molar-refractivity contribution < 1.29 is 9.53 Å². The number of fused-ring (bicyclic) bond motifs is 1. The predicted octanol–water partition coefficient (Wildman–Crippen LogP) is 4.06. The second-order valence-corrected chi connectivity index (χ2v) is 6.98. The molecule has 1 aromatic heterocycles. The minimum absolute atomic E-state index is 0.0533. The number of hydrogen-bond acceptors (Lipinski definition) is 3. The van der Waals surface area contributed by atoms with Gasteiger partial charge >= 0.3 is 0 Å². The van der Waals surface area contributed by atoms with Gasteiger partial charge in [-0.05, 0) is 50.6 Å². The molecule has 0 bridgehead atoms. The van der Waals surface area contributed by atoms with Crippen molar-refractivity contribution in [1.29, 1.82) is 0 Å². The van der Waals surface area contributed by atoms with Crippen LogP contribution in [0.15, 0.2) is 48.5 Å². The first-order valence-corrected chi connectivity index (χ1v) is 8.91. The van der Waals surface area contributed by atoms with Crippen LogP contribution in [0.1, 0.15) is 27.2 Å². The molecule has 0 spiro atoms. The highest BCUT2D eigenvalue weighted by molar-refractivity contribution is 6.08. The van der Waals surface area contributed by atoms with Gasteiger partial charge in [0.05, 0.1) is 24.2 Å². The van der Waals surface area contributed by atoms with E-state index in [0.29, 0.717) is 13.1 Å². The molecule has 1 aliphatic heterocycles. The Balaban J connectivity index is 1.58. The van der Waals surface area contributed by atoms with E-state index in [1.807, 2.05) is 68.1 Å². The van der Waals surface area contributed by atoms with Gasteiger partial charge in [0.15, 0.2) is 0 Å². The molecule has 2 heterocycles. The van der Waals surface area contributed by atoms with Crippen molar-refractivity contribution in [2.75, 3.05) is 13.1 Å². The number of carbonyl (C=O) groups is 1. The number of aryl methyl sites for hydroxylation is 2. The van der Waals surface area contributed by atoms with Crippen LogP contribution in [0.25, 0.3) is 10.9 Å². The Labute approximate surface area is 153 Å². The number of para-hydroxylation sites is 1. The number of rotatable bonds is 3. The summed E-state index contributed by atoms with van der Waals surface area (Å²) in [4.78, 5) is 19.7. The highest BCUT2D eigenvalue weighted by Gasteiger charge is 2.34. The molecule has 1 fully saturated rings. The molecule has 0 unspecified atom stereocenters. The Kier molecular flexibility index (Phi) is 4.11. The Bertz CT molecular complexity index is 976. The smallest absolute Gasteiger partial charge is 0.255 e. The maximum atomic E-state index is 13.2. The standard InChI is InChI=1S/C22H22N2O2/c1-14-9-10-20-19(11-14)21(15(2)16(3)23-20)22(25)24-12-18(13-24)26-17-7-5-4-6-8-17/h4-11,18H,12-13H2,1-3H3. The van der Waals surface area contributed by atoms with E-state index in [9.17, 15) is 4.79 Å². The minimum atomic E-state index is 0.0533. The molecule has 0 saturated carbocycles. The third kappa shape index (κ3) is 2.92.